The Morgan fingerprint density at radius 2 is 1.66 bits per heavy atom. The maximum atomic E-state index is 13.9. The molecule has 3 aromatic rings. The Morgan fingerprint density at radius 3 is 2.38 bits per heavy atom. The number of hydrogen-bond acceptors (Lipinski definition) is 5. The molecule has 1 aliphatic rings. The van der Waals surface area contributed by atoms with Crippen LogP contribution in [0.2, 0.25) is 0 Å². The van der Waals surface area contributed by atoms with Crippen molar-refractivity contribution in [1.29, 1.82) is 0 Å². The molecule has 0 unspecified atom stereocenters. The summed E-state index contributed by atoms with van der Waals surface area (Å²) in [5.74, 6) is -1.02. The summed E-state index contributed by atoms with van der Waals surface area (Å²) in [5, 5.41) is 1.28. The van der Waals surface area contributed by atoms with E-state index >= 15 is 0 Å². The van der Waals surface area contributed by atoms with Gasteiger partial charge in [-0.25, -0.2) is 12.7 Å². The molecule has 2 amide bonds. The second kappa shape index (κ2) is 8.72. The van der Waals surface area contributed by atoms with Gasteiger partial charge in [0.1, 0.15) is 6.04 Å². The Labute approximate surface area is 187 Å². The van der Waals surface area contributed by atoms with Gasteiger partial charge >= 0.3 is 0 Å². The molecule has 2 atom stereocenters. The van der Waals surface area contributed by atoms with Crippen LogP contribution in [0.5, 0.6) is 0 Å². The van der Waals surface area contributed by atoms with E-state index in [1.807, 2.05) is 18.2 Å². The SMILES string of the molecule is C[C@H](N)C(=O)N1CCC[C@H]1C(=O)N(c1ccccc1)S(=O)(=O)c1cccc2ccccc12. The highest BCUT2D eigenvalue weighted by Gasteiger charge is 2.42. The normalized spacial score (nSPS) is 17.3. The van der Waals surface area contributed by atoms with Crippen molar-refractivity contribution < 1.29 is 18.0 Å². The van der Waals surface area contributed by atoms with Gasteiger partial charge in [0.25, 0.3) is 15.9 Å². The number of fused-ring (bicyclic) bond motifs is 1. The first-order chi connectivity index (χ1) is 15.3. The summed E-state index contributed by atoms with van der Waals surface area (Å²) in [4.78, 5) is 27.8. The topological polar surface area (TPSA) is 101 Å². The van der Waals surface area contributed by atoms with Crippen molar-refractivity contribution in [2.24, 2.45) is 5.73 Å². The zero-order chi connectivity index (χ0) is 22.9. The van der Waals surface area contributed by atoms with Crippen molar-refractivity contribution in [3.8, 4) is 0 Å². The highest BCUT2D eigenvalue weighted by molar-refractivity contribution is 7.93. The zero-order valence-corrected chi connectivity index (χ0v) is 18.5. The number of nitrogens with zero attached hydrogens (tertiary/aromatic N) is 2. The van der Waals surface area contributed by atoms with Gasteiger partial charge in [0.2, 0.25) is 5.91 Å². The molecule has 1 saturated heterocycles. The Balaban J connectivity index is 1.85. The maximum absolute atomic E-state index is 13.9. The number of para-hydroxylation sites is 1. The molecule has 4 rings (SSSR count). The third kappa shape index (κ3) is 3.87. The second-order valence-electron chi connectivity index (χ2n) is 7.90. The van der Waals surface area contributed by atoms with Crippen LogP contribution in [-0.4, -0.2) is 43.8 Å². The number of anilines is 1. The van der Waals surface area contributed by atoms with Gasteiger partial charge in [0.05, 0.1) is 16.6 Å². The van der Waals surface area contributed by atoms with Crippen LogP contribution in [0.1, 0.15) is 19.8 Å². The number of likely N-dealkylation sites (tertiary alicyclic amines) is 1. The third-order valence-electron chi connectivity index (χ3n) is 5.67. The second-order valence-corrected chi connectivity index (χ2v) is 9.65. The van der Waals surface area contributed by atoms with Crippen LogP contribution >= 0.6 is 0 Å². The van der Waals surface area contributed by atoms with E-state index in [1.165, 1.54) is 11.0 Å². The van der Waals surface area contributed by atoms with Crippen molar-refractivity contribution in [3.63, 3.8) is 0 Å². The summed E-state index contributed by atoms with van der Waals surface area (Å²) in [7, 11) is -4.27. The number of rotatable bonds is 5. The number of carbonyl (C=O) groups is 2. The van der Waals surface area contributed by atoms with Gasteiger partial charge in [0.15, 0.2) is 0 Å². The van der Waals surface area contributed by atoms with Crippen LogP contribution in [0.25, 0.3) is 10.8 Å². The number of benzene rings is 3. The molecule has 0 bridgehead atoms. The van der Waals surface area contributed by atoms with Crippen molar-refractivity contribution in [3.05, 3.63) is 72.8 Å². The molecule has 32 heavy (non-hydrogen) atoms. The molecule has 8 heteroatoms. The molecule has 0 radical (unpaired) electrons. The Morgan fingerprint density at radius 1 is 1.00 bits per heavy atom. The lowest BCUT2D eigenvalue weighted by Crippen LogP contribution is -2.53. The van der Waals surface area contributed by atoms with Gasteiger partial charge in [-0.05, 0) is 43.4 Å². The van der Waals surface area contributed by atoms with E-state index in [4.69, 9.17) is 5.73 Å². The van der Waals surface area contributed by atoms with Gasteiger partial charge in [-0.15, -0.1) is 0 Å². The van der Waals surface area contributed by atoms with Gasteiger partial charge in [-0.2, -0.15) is 0 Å². The molecule has 0 spiro atoms. The first-order valence-corrected chi connectivity index (χ1v) is 11.9. The highest BCUT2D eigenvalue weighted by Crippen LogP contribution is 2.32. The standard InChI is InChI=1S/C24H25N3O4S/c1-17(25)23(28)26-16-8-14-21(26)24(29)27(19-11-3-2-4-12-19)32(30,31)22-15-7-10-18-9-5-6-13-20(18)22/h2-7,9-13,15,17,21H,8,14,16,25H2,1H3/t17-,21-/m0/s1. The molecule has 0 aromatic heterocycles. The fourth-order valence-electron chi connectivity index (χ4n) is 4.15. The van der Waals surface area contributed by atoms with E-state index < -0.39 is 28.0 Å². The van der Waals surface area contributed by atoms with Crippen LogP contribution in [0.15, 0.2) is 77.7 Å². The Hall–Kier alpha value is -3.23. The molecule has 0 saturated carbocycles. The van der Waals surface area contributed by atoms with Gasteiger partial charge in [-0.1, -0.05) is 54.6 Å². The number of sulfonamides is 1. The number of hydrogen-bond donors (Lipinski definition) is 1. The predicted octanol–water partition coefficient (Wildman–Crippen LogP) is 2.90. The molecule has 166 valence electrons. The minimum Gasteiger partial charge on any atom is -0.329 e. The lowest BCUT2D eigenvalue weighted by molar-refractivity contribution is -0.137. The van der Waals surface area contributed by atoms with Crippen LogP contribution in [0.4, 0.5) is 5.69 Å². The van der Waals surface area contributed by atoms with Crippen molar-refractivity contribution in [1.82, 2.24) is 4.90 Å². The summed E-state index contributed by atoms with van der Waals surface area (Å²) in [5.41, 5.74) is 6.00. The first kappa shape index (κ1) is 22.0. The molecule has 1 aliphatic heterocycles. The summed E-state index contributed by atoms with van der Waals surface area (Å²) in [6.45, 7) is 1.93. The fraction of sp³-hybridized carbons (Fsp3) is 0.250. The number of nitrogens with two attached hydrogens (primary N) is 1. The first-order valence-electron chi connectivity index (χ1n) is 10.5. The smallest absolute Gasteiger partial charge is 0.271 e. The molecular formula is C24H25N3O4S. The van der Waals surface area contributed by atoms with E-state index in [1.54, 1.807) is 55.5 Å². The molecule has 2 N–H and O–H groups in total. The lowest BCUT2D eigenvalue weighted by atomic mass is 10.1. The summed E-state index contributed by atoms with van der Waals surface area (Å²) in [6, 6.07) is 18.7. The van der Waals surface area contributed by atoms with Crippen LogP contribution in [-0.2, 0) is 19.6 Å². The average Bonchev–Trinajstić information content (AvgIpc) is 3.28. The van der Waals surface area contributed by atoms with Crippen LogP contribution in [0.3, 0.4) is 0 Å². The molecule has 3 aromatic carbocycles. The minimum absolute atomic E-state index is 0.0378. The summed E-state index contributed by atoms with van der Waals surface area (Å²) >= 11 is 0. The number of amides is 2. The highest BCUT2D eigenvalue weighted by atomic mass is 32.2. The fourth-order valence-corrected chi connectivity index (χ4v) is 5.82. The van der Waals surface area contributed by atoms with Crippen molar-refractivity contribution in [2.45, 2.75) is 36.7 Å². The van der Waals surface area contributed by atoms with E-state index in [0.717, 1.165) is 9.69 Å². The van der Waals surface area contributed by atoms with Gasteiger partial charge < -0.3 is 10.6 Å². The van der Waals surface area contributed by atoms with Crippen molar-refractivity contribution in [2.75, 3.05) is 10.8 Å². The lowest BCUT2D eigenvalue weighted by Gasteiger charge is -2.31. The van der Waals surface area contributed by atoms with Gasteiger partial charge in [-0.3, -0.25) is 9.59 Å². The third-order valence-corrected chi connectivity index (χ3v) is 7.45. The number of carbonyl (C=O) groups excluding carboxylic acids is 2. The van der Waals surface area contributed by atoms with E-state index in [2.05, 4.69) is 0 Å². The van der Waals surface area contributed by atoms with Crippen molar-refractivity contribution >= 4 is 38.3 Å². The molecule has 7 nitrogen and oxygen atoms in total. The largest absolute Gasteiger partial charge is 0.329 e. The quantitative estimate of drug-likeness (QED) is 0.643. The van der Waals surface area contributed by atoms with E-state index in [9.17, 15) is 18.0 Å². The van der Waals surface area contributed by atoms with Crippen LogP contribution in [0, 0.1) is 0 Å². The monoisotopic (exact) mass is 451 g/mol. The van der Waals surface area contributed by atoms with Crippen LogP contribution < -0.4 is 10.0 Å². The van der Waals surface area contributed by atoms with Gasteiger partial charge in [0, 0.05) is 11.9 Å². The van der Waals surface area contributed by atoms with E-state index in [-0.39, 0.29) is 16.5 Å². The minimum atomic E-state index is -4.27. The molecular weight excluding hydrogens is 426 g/mol. The Kier molecular flexibility index (Phi) is 5.99. The molecule has 0 aliphatic carbocycles. The Bertz CT molecular complexity index is 1250. The molecule has 1 heterocycles. The summed E-state index contributed by atoms with van der Waals surface area (Å²) in [6.07, 6.45) is 0.984. The zero-order valence-electron chi connectivity index (χ0n) is 17.7. The maximum Gasteiger partial charge on any atom is 0.271 e. The summed E-state index contributed by atoms with van der Waals surface area (Å²) < 4.78 is 28.7. The van der Waals surface area contributed by atoms with E-state index in [0.29, 0.717) is 24.8 Å². The predicted molar refractivity (Wildman–Crippen MR) is 123 cm³/mol. The average molecular weight is 452 g/mol. The molecule has 1 fully saturated rings.